The predicted octanol–water partition coefficient (Wildman–Crippen LogP) is 6.84. The molecular formula is C27H24NO2+. The van der Waals surface area contributed by atoms with Crippen LogP contribution in [0.25, 0.3) is 44.0 Å². The van der Waals surface area contributed by atoms with Gasteiger partial charge in [-0.05, 0) is 47.9 Å². The van der Waals surface area contributed by atoms with E-state index in [0.717, 1.165) is 45.6 Å². The number of ether oxygens (including phenoxy) is 1. The van der Waals surface area contributed by atoms with E-state index in [1.54, 1.807) is 0 Å². The molecule has 0 aliphatic carbocycles. The van der Waals surface area contributed by atoms with Gasteiger partial charge in [0.25, 0.3) is 5.69 Å². The van der Waals surface area contributed by atoms with Gasteiger partial charge in [0, 0.05) is 10.8 Å². The minimum atomic E-state index is 0.612. The first-order valence-electron chi connectivity index (χ1n) is 10.6. The number of fused-ring (bicyclic) bond motifs is 6. The Kier molecular flexibility index (Phi) is 3.55. The Morgan fingerprint density at radius 1 is 0.967 bits per heavy atom. The van der Waals surface area contributed by atoms with Gasteiger partial charge in [-0.3, -0.25) is 0 Å². The number of hydrogen-bond acceptors (Lipinski definition) is 2. The van der Waals surface area contributed by atoms with Crippen LogP contribution < -0.4 is 9.30 Å². The van der Waals surface area contributed by atoms with E-state index in [0.29, 0.717) is 5.92 Å². The summed E-state index contributed by atoms with van der Waals surface area (Å²) in [6.45, 7) is 6.66. The monoisotopic (exact) mass is 394 g/mol. The highest BCUT2D eigenvalue weighted by molar-refractivity contribution is 6.13. The second-order valence-corrected chi connectivity index (χ2v) is 8.90. The molecule has 1 aliphatic rings. The van der Waals surface area contributed by atoms with Gasteiger partial charge in [-0.15, -0.1) is 0 Å². The van der Waals surface area contributed by atoms with E-state index in [1.165, 1.54) is 27.5 Å². The molecule has 0 saturated heterocycles. The topological polar surface area (TPSA) is 26.2 Å². The Bertz CT molecular complexity index is 1490. The third-order valence-electron chi connectivity index (χ3n) is 6.20. The van der Waals surface area contributed by atoms with Crippen molar-refractivity contribution in [2.45, 2.75) is 27.2 Å². The van der Waals surface area contributed by atoms with E-state index in [9.17, 15) is 0 Å². The van der Waals surface area contributed by atoms with Gasteiger partial charge in [0.2, 0.25) is 17.5 Å². The summed E-state index contributed by atoms with van der Waals surface area (Å²) in [6.07, 6.45) is 3.13. The van der Waals surface area contributed by atoms with Crippen LogP contribution in [-0.2, 0) is 13.5 Å². The summed E-state index contributed by atoms with van der Waals surface area (Å²) in [5.74, 6) is 2.41. The van der Waals surface area contributed by atoms with Crippen LogP contribution in [-0.4, -0.2) is 0 Å². The molecule has 3 heterocycles. The molecule has 3 aromatic carbocycles. The molecule has 0 spiro atoms. The highest BCUT2D eigenvalue weighted by atomic mass is 16.5. The first-order valence-corrected chi connectivity index (χ1v) is 10.6. The van der Waals surface area contributed by atoms with E-state index in [4.69, 9.17) is 9.15 Å². The molecular weight excluding hydrogens is 370 g/mol. The number of benzene rings is 3. The molecule has 2 aromatic heterocycles. The van der Waals surface area contributed by atoms with Gasteiger partial charge in [-0.25, -0.2) is 0 Å². The number of pyridine rings is 1. The largest absolute Gasteiger partial charge is 0.450 e. The molecule has 0 N–H and O–H groups in total. The molecule has 30 heavy (non-hydrogen) atoms. The van der Waals surface area contributed by atoms with Crippen molar-refractivity contribution < 1.29 is 13.7 Å². The Hall–Kier alpha value is -3.33. The van der Waals surface area contributed by atoms with E-state index in [1.807, 2.05) is 0 Å². The summed E-state index contributed by atoms with van der Waals surface area (Å²) < 4.78 is 15.0. The van der Waals surface area contributed by atoms with Gasteiger partial charge < -0.3 is 9.15 Å². The zero-order chi connectivity index (χ0) is 20.6. The third-order valence-corrected chi connectivity index (χ3v) is 6.20. The van der Waals surface area contributed by atoms with E-state index in [-0.39, 0.29) is 0 Å². The van der Waals surface area contributed by atoms with E-state index < -0.39 is 0 Å². The lowest BCUT2D eigenvalue weighted by Crippen LogP contribution is -2.32. The summed E-state index contributed by atoms with van der Waals surface area (Å²) in [5.41, 5.74) is 6.70. The quantitative estimate of drug-likeness (QED) is 0.300. The van der Waals surface area contributed by atoms with Crippen molar-refractivity contribution in [2.75, 3.05) is 0 Å². The fourth-order valence-corrected chi connectivity index (χ4v) is 4.94. The van der Waals surface area contributed by atoms with Crippen LogP contribution in [0.3, 0.4) is 0 Å². The van der Waals surface area contributed by atoms with Crippen molar-refractivity contribution in [1.82, 2.24) is 0 Å². The fourth-order valence-electron chi connectivity index (χ4n) is 4.94. The molecule has 1 aliphatic heterocycles. The Morgan fingerprint density at radius 2 is 1.83 bits per heavy atom. The number of aromatic nitrogens is 1. The predicted molar refractivity (Wildman–Crippen MR) is 121 cm³/mol. The second-order valence-electron chi connectivity index (χ2n) is 8.90. The number of furan rings is 1. The molecule has 3 heteroatoms. The van der Waals surface area contributed by atoms with Crippen LogP contribution in [0.15, 0.2) is 59.1 Å². The van der Waals surface area contributed by atoms with Crippen LogP contribution in [0, 0.1) is 12.8 Å². The Morgan fingerprint density at radius 3 is 2.67 bits per heavy atom. The third kappa shape index (κ3) is 2.35. The van der Waals surface area contributed by atoms with E-state index >= 15 is 0 Å². The summed E-state index contributed by atoms with van der Waals surface area (Å²) in [7, 11) is 2.07. The van der Waals surface area contributed by atoms with Crippen LogP contribution in [0.2, 0.25) is 0 Å². The Labute approximate surface area is 175 Å². The van der Waals surface area contributed by atoms with Crippen molar-refractivity contribution in [3.8, 4) is 22.8 Å². The normalized spacial score (nSPS) is 12.7. The smallest absolute Gasteiger partial charge is 0.257 e. The van der Waals surface area contributed by atoms with Crippen LogP contribution >= 0.6 is 0 Å². The average molecular weight is 394 g/mol. The number of aryl methyl sites for hydroxylation is 2. The first-order chi connectivity index (χ1) is 14.5. The summed E-state index contributed by atoms with van der Waals surface area (Å²) in [4.78, 5) is 0. The highest BCUT2D eigenvalue weighted by Gasteiger charge is 2.33. The molecule has 3 nitrogen and oxygen atoms in total. The lowest BCUT2D eigenvalue weighted by Gasteiger charge is -2.20. The van der Waals surface area contributed by atoms with E-state index in [2.05, 4.69) is 87.1 Å². The molecule has 6 rings (SSSR count). The maximum atomic E-state index is 6.58. The Balaban J connectivity index is 1.72. The molecule has 5 aromatic rings. The van der Waals surface area contributed by atoms with Gasteiger partial charge >= 0.3 is 0 Å². The SMILES string of the molecule is Cc1ccc2cccc3c2c1-c1c(c2c(c[n+]1C)oc1cc(CC(C)C)ccc12)O3. The molecule has 0 radical (unpaired) electrons. The maximum Gasteiger partial charge on any atom is 0.257 e. The van der Waals surface area contributed by atoms with Crippen LogP contribution in [0.5, 0.6) is 11.5 Å². The van der Waals surface area contributed by atoms with Crippen molar-refractivity contribution >= 4 is 32.7 Å². The molecule has 0 amide bonds. The maximum absolute atomic E-state index is 6.58. The highest BCUT2D eigenvalue weighted by Crippen LogP contribution is 2.50. The molecule has 148 valence electrons. The minimum absolute atomic E-state index is 0.612. The number of nitrogens with zero attached hydrogens (tertiary/aromatic N) is 1. The van der Waals surface area contributed by atoms with Gasteiger partial charge in [0.15, 0.2) is 0 Å². The average Bonchev–Trinajstić information content (AvgIpc) is 3.07. The summed E-state index contributed by atoms with van der Waals surface area (Å²) in [5, 5.41) is 4.56. The lowest BCUT2D eigenvalue weighted by atomic mass is 9.92. The second kappa shape index (κ2) is 6.09. The van der Waals surface area contributed by atoms with Gasteiger partial charge in [-0.2, -0.15) is 4.57 Å². The lowest BCUT2D eigenvalue weighted by molar-refractivity contribution is -0.659. The number of rotatable bonds is 2. The standard InChI is InChI=1S/C27H24NO2/c1-15(2)12-17-9-11-19-21(13-17)29-22-14-28(4)26-23-16(3)8-10-18-6-5-7-20(24(18)23)30-27(26)25(19)22/h5-11,13-15H,12H2,1-4H3/q+1. The molecule has 0 unspecified atom stereocenters. The van der Waals surface area contributed by atoms with Crippen LogP contribution in [0.1, 0.15) is 25.0 Å². The van der Waals surface area contributed by atoms with Crippen molar-refractivity contribution in [3.05, 3.63) is 65.9 Å². The van der Waals surface area contributed by atoms with Crippen molar-refractivity contribution in [1.29, 1.82) is 0 Å². The minimum Gasteiger partial charge on any atom is -0.450 e. The fraction of sp³-hybridized carbons (Fsp3) is 0.222. The van der Waals surface area contributed by atoms with Gasteiger partial charge in [-0.1, -0.05) is 50.2 Å². The summed E-state index contributed by atoms with van der Waals surface area (Å²) in [6, 6.07) is 17.3. The molecule has 0 bridgehead atoms. The zero-order valence-electron chi connectivity index (χ0n) is 17.7. The number of hydrogen-bond donors (Lipinski definition) is 0. The molecule has 0 fully saturated rings. The zero-order valence-corrected chi connectivity index (χ0v) is 17.7. The van der Waals surface area contributed by atoms with Gasteiger partial charge in [0.1, 0.15) is 18.4 Å². The first kappa shape index (κ1) is 17.5. The molecule has 0 atom stereocenters. The van der Waals surface area contributed by atoms with Crippen molar-refractivity contribution in [3.63, 3.8) is 0 Å². The molecule has 0 saturated carbocycles. The van der Waals surface area contributed by atoms with Crippen LogP contribution in [0.4, 0.5) is 0 Å². The van der Waals surface area contributed by atoms with Crippen molar-refractivity contribution in [2.24, 2.45) is 13.0 Å². The summed E-state index contributed by atoms with van der Waals surface area (Å²) >= 11 is 0. The van der Waals surface area contributed by atoms with Gasteiger partial charge in [0.05, 0.1) is 10.9 Å².